The summed E-state index contributed by atoms with van der Waals surface area (Å²) in [6.45, 7) is 1.86. The van der Waals surface area contributed by atoms with Gasteiger partial charge in [0.05, 0.1) is 5.69 Å². The van der Waals surface area contributed by atoms with E-state index in [1.807, 2.05) is 25.2 Å². The molecule has 2 aliphatic rings. The molecule has 2 amide bonds. The number of aromatic hydroxyl groups is 1. The van der Waals surface area contributed by atoms with Crippen molar-refractivity contribution in [1.82, 2.24) is 14.7 Å². The van der Waals surface area contributed by atoms with Crippen molar-refractivity contribution >= 4 is 17.4 Å². The first-order valence-corrected chi connectivity index (χ1v) is 9.30. The number of anilines is 1. The topological polar surface area (TPSA) is 79.6 Å². The third-order valence-corrected chi connectivity index (χ3v) is 5.08. The fraction of sp³-hybridized carbons (Fsp3) is 0.400. The summed E-state index contributed by atoms with van der Waals surface area (Å²) in [4.78, 5) is 14.5. The highest BCUT2D eigenvalue weighted by molar-refractivity contribution is 5.90. The summed E-state index contributed by atoms with van der Waals surface area (Å²) in [7, 11) is 1.82. The van der Waals surface area contributed by atoms with Crippen molar-refractivity contribution in [2.75, 3.05) is 25.0 Å². The molecule has 1 aromatic carbocycles. The molecule has 2 N–H and O–H groups in total. The molecular weight excluding hydrogens is 344 g/mol. The van der Waals surface area contributed by atoms with Crippen molar-refractivity contribution < 1.29 is 14.6 Å². The molecule has 27 heavy (non-hydrogen) atoms. The molecule has 0 spiro atoms. The Labute approximate surface area is 158 Å². The average molecular weight is 368 g/mol. The van der Waals surface area contributed by atoms with Crippen LogP contribution in [0.4, 0.5) is 10.6 Å². The van der Waals surface area contributed by atoms with Crippen molar-refractivity contribution in [3.63, 3.8) is 0 Å². The van der Waals surface area contributed by atoms with Gasteiger partial charge in [-0.3, -0.25) is 10.00 Å². The largest absolute Gasteiger partial charge is 0.507 e. The Morgan fingerprint density at radius 1 is 1.37 bits per heavy atom. The minimum absolute atomic E-state index is 0.0208. The standard InChI is InChI=1S/C20H24N4O3/c1-23-19(12-16(22-23)18-9-5-11-27-18)21-20(26)24-10-4-6-14(13-24)15-7-2-3-8-17(15)25/h2-3,6-8,12,18,25H,4-5,9-11,13H2,1H3,(H,21,26). The lowest BCUT2D eigenvalue weighted by molar-refractivity contribution is 0.108. The first-order chi connectivity index (χ1) is 13.1. The Balaban J connectivity index is 1.44. The van der Waals surface area contributed by atoms with Gasteiger partial charge < -0.3 is 14.7 Å². The molecule has 1 atom stereocenters. The van der Waals surface area contributed by atoms with Crippen molar-refractivity contribution in [3.8, 4) is 5.75 Å². The third kappa shape index (κ3) is 3.68. The van der Waals surface area contributed by atoms with Crippen LogP contribution in [0.1, 0.15) is 36.6 Å². The predicted octanol–water partition coefficient (Wildman–Crippen LogP) is 3.30. The van der Waals surface area contributed by atoms with Crippen molar-refractivity contribution in [3.05, 3.63) is 47.7 Å². The highest BCUT2D eigenvalue weighted by atomic mass is 16.5. The molecule has 142 valence electrons. The molecule has 0 radical (unpaired) electrons. The van der Waals surface area contributed by atoms with E-state index in [4.69, 9.17) is 4.74 Å². The maximum atomic E-state index is 12.8. The van der Waals surface area contributed by atoms with Crippen LogP contribution in [0.25, 0.3) is 5.57 Å². The Bertz CT molecular complexity index is 868. The first-order valence-electron chi connectivity index (χ1n) is 9.30. The summed E-state index contributed by atoms with van der Waals surface area (Å²) in [5.74, 6) is 0.892. The van der Waals surface area contributed by atoms with E-state index in [1.165, 1.54) is 0 Å². The van der Waals surface area contributed by atoms with Gasteiger partial charge in [0, 0.05) is 38.4 Å². The zero-order chi connectivity index (χ0) is 18.8. The number of carbonyl (C=O) groups excluding carboxylic acids is 1. The number of phenols is 1. The van der Waals surface area contributed by atoms with Gasteiger partial charge in [-0.25, -0.2) is 4.79 Å². The fourth-order valence-corrected chi connectivity index (χ4v) is 3.62. The van der Waals surface area contributed by atoms with Gasteiger partial charge in [0.15, 0.2) is 0 Å². The van der Waals surface area contributed by atoms with Crippen LogP contribution in [0.3, 0.4) is 0 Å². The van der Waals surface area contributed by atoms with Crippen molar-refractivity contribution in [1.29, 1.82) is 0 Å². The summed E-state index contributed by atoms with van der Waals surface area (Å²) in [5.41, 5.74) is 2.59. The van der Waals surface area contributed by atoms with E-state index in [9.17, 15) is 9.90 Å². The third-order valence-electron chi connectivity index (χ3n) is 5.08. The number of rotatable bonds is 3. The van der Waals surface area contributed by atoms with Gasteiger partial charge in [0.1, 0.15) is 17.7 Å². The van der Waals surface area contributed by atoms with Gasteiger partial charge in [0.25, 0.3) is 0 Å². The van der Waals surface area contributed by atoms with Crippen LogP contribution in [-0.4, -0.2) is 45.5 Å². The van der Waals surface area contributed by atoms with E-state index in [2.05, 4.69) is 16.5 Å². The van der Waals surface area contributed by atoms with Crippen LogP contribution in [0.5, 0.6) is 5.75 Å². The monoisotopic (exact) mass is 368 g/mol. The van der Waals surface area contributed by atoms with Gasteiger partial charge in [-0.15, -0.1) is 0 Å². The number of aromatic nitrogens is 2. The van der Waals surface area contributed by atoms with Crippen LogP contribution in [-0.2, 0) is 11.8 Å². The van der Waals surface area contributed by atoms with Crippen LogP contribution in [0, 0.1) is 0 Å². The predicted molar refractivity (Wildman–Crippen MR) is 102 cm³/mol. The number of para-hydroxylation sites is 1. The van der Waals surface area contributed by atoms with Gasteiger partial charge in [-0.05, 0) is 30.9 Å². The van der Waals surface area contributed by atoms with E-state index in [-0.39, 0.29) is 17.9 Å². The van der Waals surface area contributed by atoms with E-state index < -0.39 is 0 Å². The second kappa shape index (κ2) is 7.44. The lowest BCUT2D eigenvalue weighted by Crippen LogP contribution is -2.38. The highest BCUT2D eigenvalue weighted by Crippen LogP contribution is 2.30. The van der Waals surface area contributed by atoms with Gasteiger partial charge in [-0.2, -0.15) is 5.10 Å². The minimum Gasteiger partial charge on any atom is -0.507 e. The summed E-state index contributed by atoms with van der Waals surface area (Å²) < 4.78 is 7.35. The Morgan fingerprint density at radius 2 is 2.22 bits per heavy atom. The van der Waals surface area contributed by atoms with E-state index in [1.54, 1.807) is 21.7 Å². The molecule has 7 nitrogen and oxygen atoms in total. The molecule has 0 aliphatic carbocycles. The van der Waals surface area contributed by atoms with Crippen molar-refractivity contribution in [2.24, 2.45) is 7.05 Å². The number of hydrogen-bond acceptors (Lipinski definition) is 4. The fourth-order valence-electron chi connectivity index (χ4n) is 3.62. The molecule has 0 bridgehead atoms. The smallest absolute Gasteiger partial charge is 0.323 e. The van der Waals surface area contributed by atoms with E-state index in [0.29, 0.717) is 18.9 Å². The molecule has 2 aromatic rings. The second-order valence-electron chi connectivity index (χ2n) is 6.97. The number of phenolic OH excluding ortho intramolecular Hbond substituents is 1. The molecular formula is C20H24N4O3. The minimum atomic E-state index is -0.169. The Morgan fingerprint density at radius 3 is 3.00 bits per heavy atom. The zero-order valence-electron chi connectivity index (χ0n) is 15.4. The lowest BCUT2D eigenvalue weighted by atomic mass is 10.0. The van der Waals surface area contributed by atoms with Crippen LogP contribution in [0.2, 0.25) is 0 Å². The Kier molecular flexibility index (Phi) is 4.85. The SMILES string of the molecule is Cn1nc(C2CCCO2)cc1NC(=O)N1CCC=C(c2ccccc2O)C1. The number of ether oxygens (including phenoxy) is 1. The molecule has 1 unspecified atom stereocenters. The molecule has 1 saturated heterocycles. The number of amides is 2. The number of benzene rings is 1. The second-order valence-corrected chi connectivity index (χ2v) is 6.97. The molecule has 2 aliphatic heterocycles. The lowest BCUT2D eigenvalue weighted by Gasteiger charge is -2.28. The van der Waals surface area contributed by atoms with Gasteiger partial charge in [0.2, 0.25) is 0 Å². The van der Waals surface area contributed by atoms with E-state index >= 15 is 0 Å². The molecule has 1 fully saturated rings. The molecule has 7 heteroatoms. The maximum Gasteiger partial charge on any atom is 0.323 e. The summed E-state index contributed by atoms with van der Waals surface area (Å²) in [6.07, 6.45) is 4.86. The normalized spacial score (nSPS) is 19.8. The molecule has 3 heterocycles. The average Bonchev–Trinajstić information content (AvgIpc) is 3.33. The highest BCUT2D eigenvalue weighted by Gasteiger charge is 2.24. The number of carbonyl (C=O) groups is 1. The summed E-state index contributed by atoms with van der Waals surface area (Å²) >= 11 is 0. The number of nitrogens with one attached hydrogen (secondary N) is 1. The van der Waals surface area contributed by atoms with Crippen LogP contribution < -0.4 is 5.32 Å². The molecule has 0 saturated carbocycles. The molecule has 1 aromatic heterocycles. The maximum absolute atomic E-state index is 12.8. The first kappa shape index (κ1) is 17.6. The summed E-state index contributed by atoms with van der Waals surface area (Å²) in [6, 6.07) is 8.93. The molecule has 4 rings (SSSR count). The zero-order valence-corrected chi connectivity index (χ0v) is 15.4. The van der Waals surface area contributed by atoms with Crippen molar-refractivity contribution in [2.45, 2.75) is 25.4 Å². The number of aryl methyl sites for hydroxylation is 1. The number of hydrogen-bond donors (Lipinski definition) is 2. The van der Waals surface area contributed by atoms with E-state index in [0.717, 1.165) is 42.7 Å². The van der Waals surface area contributed by atoms with Crippen LogP contribution in [0.15, 0.2) is 36.4 Å². The Hall–Kier alpha value is -2.80. The van der Waals surface area contributed by atoms with Gasteiger partial charge in [-0.1, -0.05) is 24.3 Å². The van der Waals surface area contributed by atoms with Crippen LogP contribution >= 0.6 is 0 Å². The number of nitrogens with zero attached hydrogens (tertiary/aromatic N) is 3. The summed E-state index contributed by atoms with van der Waals surface area (Å²) in [5, 5.41) is 17.5. The quantitative estimate of drug-likeness (QED) is 0.871. The van der Waals surface area contributed by atoms with Gasteiger partial charge >= 0.3 is 6.03 Å². The number of urea groups is 1.